The summed E-state index contributed by atoms with van der Waals surface area (Å²) in [6.45, 7) is 3.70. The first-order chi connectivity index (χ1) is 11.1. The number of carbonyl (C=O) groups is 2. The van der Waals surface area contributed by atoms with E-state index in [1.807, 2.05) is 44.2 Å². The van der Waals surface area contributed by atoms with Gasteiger partial charge in [0.1, 0.15) is 5.69 Å². The number of hydrogen-bond donors (Lipinski definition) is 2. The van der Waals surface area contributed by atoms with Gasteiger partial charge in [0, 0.05) is 11.6 Å². The molecule has 1 amide bonds. The molecule has 2 N–H and O–H groups in total. The fourth-order valence-corrected chi connectivity index (χ4v) is 2.15. The van der Waals surface area contributed by atoms with Crippen molar-refractivity contribution in [1.82, 2.24) is 15.5 Å². The van der Waals surface area contributed by atoms with E-state index in [2.05, 4.69) is 15.5 Å². The second kappa shape index (κ2) is 8.12. The Morgan fingerprint density at radius 3 is 2.57 bits per heavy atom. The van der Waals surface area contributed by atoms with Crippen molar-refractivity contribution < 1.29 is 14.3 Å². The smallest absolute Gasteiger partial charge is 0.356 e. The SMILES string of the molecule is CCC(CC)NC(=O)COC(=O)c1cc(-c2ccccc2)n[nH]1. The molecule has 0 aliphatic rings. The van der Waals surface area contributed by atoms with E-state index in [9.17, 15) is 9.59 Å². The molecular weight excluding hydrogens is 294 g/mol. The lowest BCUT2D eigenvalue weighted by atomic mass is 10.1. The highest BCUT2D eigenvalue weighted by Gasteiger charge is 2.15. The van der Waals surface area contributed by atoms with Crippen molar-refractivity contribution in [2.24, 2.45) is 0 Å². The van der Waals surface area contributed by atoms with Gasteiger partial charge >= 0.3 is 5.97 Å². The van der Waals surface area contributed by atoms with Gasteiger partial charge in [-0.3, -0.25) is 9.89 Å². The van der Waals surface area contributed by atoms with Crippen molar-refractivity contribution in [2.75, 3.05) is 6.61 Å². The number of carbonyl (C=O) groups excluding carboxylic acids is 2. The second-order valence-corrected chi connectivity index (χ2v) is 5.19. The zero-order valence-corrected chi connectivity index (χ0v) is 13.3. The molecule has 0 atom stereocenters. The van der Waals surface area contributed by atoms with Crippen LogP contribution in [0.25, 0.3) is 11.3 Å². The minimum absolute atomic E-state index is 0.109. The summed E-state index contributed by atoms with van der Waals surface area (Å²) in [6.07, 6.45) is 1.69. The third-order valence-electron chi connectivity index (χ3n) is 3.55. The first-order valence-corrected chi connectivity index (χ1v) is 7.71. The number of aromatic amines is 1. The number of hydrogen-bond acceptors (Lipinski definition) is 4. The van der Waals surface area contributed by atoms with Crippen LogP contribution < -0.4 is 5.32 Å². The molecule has 1 heterocycles. The minimum atomic E-state index is -0.598. The molecule has 0 saturated carbocycles. The summed E-state index contributed by atoms with van der Waals surface area (Å²) in [7, 11) is 0. The molecule has 0 aliphatic carbocycles. The third kappa shape index (κ3) is 4.67. The van der Waals surface area contributed by atoms with Crippen LogP contribution in [-0.2, 0) is 9.53 Å². The molecule has 0 radical (unpaired) electrons. The number of ether oxygens (including phenoxy) is 1. The van der Waals surface area contributed by atoms with Crippen LogP contribution in [0.15, 0.2) is 36.4 Å². The predicted molar refractivity (Wildman–Crippen MR) is 86.8 cm³/mol. The summed E-state index contributed by atoms with van der Waals surface area (Å²) in [6, 6.07) is 11.2. The number of benzene rings is 1. The zero-order valence-electron chi connectivity index (χ0n) is 13.3. The molecule has 0 unspecified atom stereocenters. The van der Waals surface area contributed by atoms with Gasteiger partial charge in [0.25, 0.3) is 5.91 Å². The first kappa shape index (κ1) is 16.7. The van der Waals surface area contributed by atoms with E-state index in [1.54, 1.807) is 6.07 Å². The van der Waals surface area contributed by atoms with Gasteiger partial charge in [-0.2, -0.15) is 5.10 Å². The Morgan fingerprint density at radius 2 is 1.91 bits per heavy atom. The number of rotatable bonds is 7. The molecule has 6 heteroatoms. The molecular formula is C17H21N3O3. The fourth-order valence-electron chi connectivity index (χ4n) is 2.15. The maximum Gasteiger partial charge on any atom is 0.356 e. The van der Waals surface area contributed by atoms with Crippen LogP contribution in [0.4, 0.5) is 0 Å². The Balaban J connectivity index is 1.89. The number of H-pyrrole nitrogens is 1. The molecule has 0 aliphatic heterocycles. The number of esters is 1. The van der Waals surface area contributed by atoms with Crippen molar-refractivity contribution in [2.45, 2.75) is 32.7 Å². The lowest BCUT2D eigenvalue weighted by Gasteiger charge is -2.14. The molecule has 122 valence electrons. The van der Waals surface area contributed by atoms with Crippen LogP contribution in [0.5, 0.6) is 0 Å². The van der Waals surface area contributed by atoms with Crippen LogP contribution in [0.1, 0.15) is 37.2 Å². The van der Waals surface area contributed by atoms with Crippen LogP contribution in [-0.4, -0.2) is 34.7 Å². The third-order valence-corrected chi connectivity index (χ3v) is 3.55. The van der Waals surface area contributed by atoms with E-state index >= 15 is 0 Å². The van der Waals surface area contributed by atoms with Crippen molar-refractivity contribution >= 4 is 11.9 Å². The number of aromatic nitrogens is 2. The molecule has 23 heavy (non-hydrogen) atoms. The quantitative estimate of drug-likeness (QED) is 0.769. The highest BCUT2D eigenvalue weighted by molar-refractivity contribution is 5.90. The van der Waals surface area contributed by atoms with Gasteiger partial charge in [-0.15, -0.1) is 0 Å². The summed E-state index contributed by atoms with van der Waals surface area (Å²) >= 11 is 0. The summed E-state index contributed by atoms with van der Waals surface area (Å²) in [5.41, 5.74) is 1.77. The van der Waals surface area contributed by atoms with Gasteiger partial charge < -0.3 is 10.1 Å². The monoisotopic (exact) mass is 315 g/mol. The maximum atomic E-state index is 11.9. The van der Waals surface area contributed by atoms with Crippen LogP contribution >= 0.6 is 0 Å². The van der Waals surface area contributed by atoms with Gasteiger partial charge in [-0.25, -0.2) is 4.79 Å². The Hall–Kier alpha value is -2.63. The van der Waals surface area contributed by atoms with E-state index in [1.165, 1.54) is 0 Å². The summed E-state index contributed by atoms with van der Waals surface area (Å²) in [4.78, 5) is 23.7. The summed E-state index contributed by atoms with van der Waals surface area (Å²) in [5, 5.41) is 9.53. The highest BCUT2D eigenvalue weighted by atomic mass is 16.5. The van der Waals surface area contributed by atoms with E-state index in [0.29, 0.717) is 5.69 Å². The molecule has 1 aromatic carbocycles. The van der Waals surface area contributed by atoms with Crippen LogP contribution in [0, 0.1) is 0 Å². The Labute approximate surface area is 135 Å². The lowest BCUT2D eigenvalue weighted by molar-refractivity contribution is -0.125. The van der Waals surface area contributed by atoms with Gasteiger partial charge in [0.2, 0.25) is 0 Å². The van der Waals surface area contributed by atoms with Crippen molar-refractivity contribution in [3.63, 3.8) is 0 Å². The molecule has 6 nitrogen and oxygen atoms in total. The Bertz CT molecular complexity index is 648. The largest absolute Gasteiger partial charge is 0.451 e. The number of nitrogens with zero attached hydrogens (tertiary/aromatic N) is 1. The zero-order chi connectivity index (χ0) is 16.7. The molecule has 0 saturated heterocycles. The predicted octanol–water partition coefficient (Wildman–Crippen LogP) is 2.54. The van der Waals surface area contributed by atoms with Gasteiger partial charge in [-0.05, 0) is 18.9 Å². The molecule has 2 aromatic rings. The first-order valence-electron chi connectivity index (χ1n) is 7.71. The molecule has 0 fully saturated rings. The van der Waals surface area contributed by atoms with Crippen molar-refractivity contribution in [3.8, 4) is 11.3 Å². The standard InChI is InChI=1S/C17H21N3O3/c1-3-13(4-2)18-16(21)11-23-17(22)15-10-14(19-20-15)12-8-6-5-7-9-12/h5-10,13H,3-4,11H2,1-2H3,(H,18,21)(H,19,20). The topological polar surface area (TPSA) is 84.1 Å². The van der Waals surface area contributed by atoms with Crippen LogP contribution in [0.2, 0.25) is 0 Å². The summed E-state index contributed by atoms with van der Waals surface area (Å²) < 4.78 is 5.01. The van der Waals surface area contributed by atoms with Gasteiger partial charge in [0.15, 0.2) is 6.61 Å². The fraction of sp³-hybridized carbons (Fsp3) is 0.353. The minimum Gasteiger partial charge on any atom is -0.451 e. The van der Waals surface area contributed by atoms with E-state index in [-0.39, 0.29) is 24.2 Å². The van der Waals surface area contributed by atoms with Crippen LogP contribution in [0.3, 0.4) is 0 Å². The second-order valence-electron chi connectivity index (χ2n) is 5.19. The van der Waals surface area contributed by atoms with Crippen molar-refractivity contribution in [3.05, 3.63) is 42.1 Å². The van der Waals surface area contributed by atoms with Crippen molar-refractivity contribution in [1.29, 1.82) is 0 Å². The lowest BCUT2D eigenvalue weighted by Crippen LogP contribution is -2.36. The number of nitrogens with one attached hydrogen (secondary N) is 2. The average molecular weight is 315 g/mol. The average Bonchev–Trinajstić information content (AvgIpc) is 3.08. The Kier molecular flexibility index (Phi) is 5.91. The Morgan fingerprint density at radius 1 is 1.22 bits per heavy atom. The van der Waals surface area contributed by atoms with E-state index in [0.717, 1.165) is 18.4 Å². The maximum absolute atomic E-state index is 11.9. The van der Waals surface area contributed by atoms with Gasteiger partial charge in [-0.1, -0.05) is 44.2 Å². The van der Waals surface area contributed by atoms with E-state index < -0.39 is 5.97 Å². The highest BCUT2D eigenvalue weighted by Crippen LogP contribution is 2.17. The molecule has 1 aromatic heterocycles. The van der Waals surface area contributed by atoms with E-state index in [4.69, 9.17) is 4.74 Å². The normalized spacial score (nSPS) is 10.6. The molecule has 0 bridgehead atoms. The number of amides is 1. The van der Waals surface area contributed by atoms with Gasteiger partial charge in [0.05, 0.1) is 5.69 Å². The molecule has 0 spiro atoms. The summed E-state index contributed by atoms with van der Waals surface area (Å²) in [5.74, 6) is -0.894. The molecule has 2 rings (SSSR count).